The van der Waals surface area contributed by atoms with Crippen LogP contribution in [0.1, 0.15) is 40.5 Å². The van der Waals surface area contributed by atoms with Crippen LogP contribution in [0.2, 0.25) is 0 Å². The highest BCUT2D eigenvalue weighted by molar-refractivity contribution is 5.98. The van der Waals surface area contributed by atoms with Gasteiger partial charge in [0, 0.05) is 26.2 Å². The molecule has 2 heterocycles. The predicted octanol–water partition coefficient (Wildman–Crippen LogP) is 1.12. The number of hydrogen-bond acceptors (Lipinski definition) is 6. The Kier molecular flexibility index (Phi) is 6.09. The molecule has 9 nitrogen and oxygen atoms in total. The van der Waals surface area contributed by atoms with Gasteiger partial charge in [-0.05, 0) is 40.5 Å². The summed E-state index contributed by atoms with van der Waals surface area (Å²) in [5.41, 5.74) is -0.565. The fraction of sp³-hybridized carbons (Fsp3) is 0.765. The summed E-state index contributed by atoms with van der Waals surface area (Å²) in [6.07, 6.45) is -0.519. The Balaban J connectivity index is 1.80. The molecule has 0 aromatic heterocycles. The van der Waals surface area contributed by atoms with E-state index < -0.39 is 35.7 Å². The van der Waals surface area contributed by atoms with Crippen molar-refractivity contribution in [1.29, 1.82) is 0 Å². The van der Waals surface area contributed by atoms with E-state index in [0.29, 0.717) is 32.5 Å². The Bertz CT molecular complexity index is 578. The normalized spacial score (nSPS) is 19.8. The minimum absolute atomic E-state index is 0.272. The van der Waals surface area contributed by atoms with Gasteiger partial charge in [-0.15, -0.1) is 0 Å². The van der Waals surface area contributed by atoms with Crippen LogP contribution in [-0.2, 0) is 19.1 Å². The van der Waals surface area contributed by atoms with Gasteiger partial charge < -0.3 is 19.7 Å². The van der Waals surface area contributed by atoms with Crippen LogP contribution < -0.4 is 5.32 Å². The fourth-order valence-corrected chi connectivity index (χ4v) is 2.85. The predicted molar refractivity (Wildman–Crippen MR) is 91.2 cm³/mol. The van der Waals surface area contributed by atoms with Crippen LogP contribution in [0.25, 0.3) is 0 Å². The minimum atomic E-state index is -1.02. The van der Waals surface area contributed by atoms with Crippen molar-refractivity contribution in [1.82, 2.24) is 15.1 Å². The number of esters is 1. The summed E-state index contributed by atoms with van der Waals surface area (Å²) in [7, 11) is 0. The highest BCUT2D eigenvalue weighted by Crippen LogP contribution is 2.21. The molecule has 26 heavy (non-hydrogen) atoms. The van der Waals surface area contributed by atoms with Crippen LogP contribution in [0.4, 0.5) is 9.59 Å². The molecule has 0 spiro atoms. The van der Waals surface area contributed by atoms with E-state index in [1.807, 2.05) is 0 Å². The standard InChI is InChI=1S/C17H27N3O6/c1-11(13(21)20-10-7-18-15(20)23)25-14(22)12-5-8-19(9-6-12)16(24)26-17(2,3)4/h11-12H,5-10H2,1-4H3,(H,18,23). The third-order valence-electron chi connectivity index (χ3n) is 4.24. The summed E-state index contributed by atoms with van der Waals surface area (Å²) in [5, 5.41) is 2.53. The van der Waals surface area contributed by atoms with Crippen molar-refractivity contribution in [3.63, 3.8) is 0 Å². The molecule has 9 heteroatoms. The number of likely N-dealkylation sites (tertiary alicyclic amines) is 1. The van der Waals surface area contributed by atoms with Crippen molar-refractivity contribution in [3.05, 3.63) is 0 Å². The Hall–Kier alpha value is -2.32. The lowest BCUT2D eigenvalue weighted by Crippen LogP contribution is -2.45. The van der Waals surface area contributed by atoms with Gasteiger partial charge in [0.25, 0.3) is 5.91 Å². The van der Waals surface area contributed by atoms with Crippen molar-refractivity contribution in [2.45, 2.75) is 52.2 Å². The molecule has 2 aliphatic heterocycles. The second-order valence-electron chi connectivity index (χ2n) is 7.54. The molecule has 0 saturated carbocycles. The Labute approximate surface area is 153 Å². The Morgan fingerprint density at radius 3 is 2.27 bits per heavy atom. The summed E-state index contributed by atoms with van der Waals surface area (Å²) in [5.74, 6) is -1.38. The largest absolute Gasteiger partial charge is 0.452 e. The van der Waals surface area contributed by atoms with Gasteiger partial charge in [-0.25, -0.2) is 9.59 Å². The molecular weight excluding hydrogens is 342 g/mol. The van der Waals surface area contributed by atoms with E-state index in [1.165, 1.54) is 6.92 Å². The molecule has 2 rings (SSSR count). The zero-order chi connectivity index (χ0) is 19.5. The fourth-order valence-electron chi connectivity index (χ4n) is 2.85. The number of imide groups is 1. The number of carbonyl (C=O) groups excluding carboxylic acids is 4. The number of nitrogens with zero attached hydrogens (tertiary/aromatic N) is 2. The van der Waals surface area contributed by atoms with Crippen molar-refractivity contribution in [3.8, 4) is 0 Å². The maximum atomic E-state index is 12.3. The van der Waals surface area contributed by atoms with Crippen LogP contribution in [0.15, 0.2) is 0 Å². The first-order chi connectivity index (χ1) is 12.1. The molecule has 4 amide bonds. The van der Waals surface area contributed by atoms with Gasteiger partial charge in [0.2, 0.25) is 0 Å². The van der Waals surface area contributed by atoms with Crippen molar-refractivity contribution in [2.75, 3.05) is 26.2 Å². The lowest BCUT2D eigenvalue weighted by atomic mass is 9.97. The smallest absolute Gasteiger partial charge is 0.410 e. The van der Waals surface area contributed by atoms with E-state index >= 15 is 0 Å². The molecule has 2 saturated heterocycles. The monoisotopic (exact) mass is 369 g/mol. The maximum absolute atomic E-state index is 12.3. The van der Waals surface area contributed by atoms with E-state index in [1.54, 1.807) is 25.7 Å². The topological polar surface area (TPSA) is 105 Å². The zero-order valence-electron chi connectivity index (χ0n) is 15.7. The molecular formula is C17H27N3O6. The second-order valence-corrected chi connectivity index (χ2v) is 7.54. The Morgan fingerprint density at radius 2 is 1.77 bits per heavy atom. The third-order valence-corrected chi connectivity index (χ3v) is 4.24. The van der Waals surface area contributed by atoms with E-state index in [2.05, 4.69) is 5.32 Å². The molecule has 0 radical (unpaired) electrons. The second kappa shape index (κ2) is 7.92. The van der Waals surface area contributed by atoms with E-state index in [9.17, 15) is 19.2 Å². The highest BCUT2D eigenvalue weighted by Gasteiger charge is 2.35. The molecule has 0 bridgehead atoms. The summed E-state index contributed by atoms with van der Waals surface area (Å²) in [6.45, 7) is 8.32. The first-order valence-corrected chi connectivity index (χ1v) is 8.86. The zero-order valence-corrected chi connectivity index (χ0v) is 15.7. The van der Waals surface area contributed by atoms with Crippen LogP contribution >= 0.6 is 0 Å². The van der Waals surface area contributed by atoms with Gasteiger partial charge >= 0.3 is 18.1 Å². The highest BCUT2D eigenvalue weighted by atomic mass is 16.6. The van der Waals surface area contributed by atoms with Crippen LogP contribution in [0.5, 0.6) is 0 Å². The molecule has 0 aromatic carbocycles. The number of nitrogens with one attached hydrogen (secondary N) is 1. The number of carbonyl (C=O) groups is 4. The lowest BCUT2D eigenvalue weighted by molar-refractivity contribution is -0.162. The SMILES string of the molecule is CC(OC(=O)C1CCN(C(=O)OC(C)(C)C)CC1)C(=O)N1CCNC1=O. The average molecular weight is 369 g/mol. The molecule has 1 atom stereocenters. The quantitative estimate of drug-likeness (QED) is 0.748. The van der Waals surface area contributed by atoms with Crippen LogP contribution in [-0.4, -0.2) is 71.7 Å². The number of hydrogen-bond donors (Lipinski definition) is 1. The van der Waals surface area contributed by atoms with Crippen LogP contribution in [0.3, 0.4) is 0 Å². The lowest BCUT2D eigenvalue weighted by Gasteiger charge is -2.33. The first kappa shape index (κ1) is 20.0. The summed E-state index contributed by atoms with van der Waals surface area (Å²) in [4.78, 5) is 50.6. The summed E-state index contributed by atoms with van der Waals surface area (Å²) in [6, 6.07) is -0.469. The number of ether oxygens (including phenoxy) is 2. The Morgan fingerprint density at radius 1 is 1.15 bits per heavy atom. The minimum Gasteiger partial charge on any atom is -0.452 e. The van der Waals surface area contributed by atoms with Gasteiger partial charge in [-0.1, -0.05) is 0 Å². The van der Waals surface area contributed by atoms with Gasteiger partial charge in [0.1, 0.15) is 5.60 Å². The third kappa shape index (κ3) is 5.09. The molecule has 2 fully saturated rings. The van der Waals surface area contributed by atoms with Gasteiger partial charge in [0.05, 0.1) is 5.92 Å². The molecule has 1 unspecified atom stereocenters. The van der Waals surface area contributed by atoms with Crippen LogP contribution in [0, 0.1) is 5.92 Å². The number of piperidine rings is 1. The van der Waals surface area contributed by atoms with Crippen molar-refractivity contribution < 1.29 is 28.7 Å². The average Bonchev–Trinajstić information content (AvgIpc) is 2.98. The maximum Gasteiger partial charge on any atom is 0.410 e. The van der Waals surface area contributed by atoms with Gasteiger partial charge in [-0.2, -0.15) is 0 Å². The first-order valence-electron chi connectivity index (χ1n) is 8.86. The van der Waals surface area contributed by atoms with E-state index in [4.69, 9.17) is 9.47 Å². The number of rotatable bonds is 3. The summed E-state index contributed by atoms with van der Waals surface area (Å²) >= 11 is 0. The van der Waals surface area contributed by atoms with E-state index in [-0.39, 0.29) is 12.5 Å². The van der Waals surface area contributed by atoms with Gasteiger partial charge in [-0.3, -0.25) is 14.5 Å². The molecule has 0 aliphatic carbocycles. The molecule has 2 aliphatic rings. The van der Waals surface area contributed by atoms with Gasteiger partial charge in [0.15, 0.2) is 6.10 Å². The van der Waals surface area contributed by atoms with E-state index in [0.717, 1.165) is 4.90 Å². The summed E-state index contributed by atoms with van der Waals surface area (Å²) < 4.78 is 10.6. The van der Waals surface area contributed by atoms with Crippen molar-refractivity contribution in [2.24, 2.45) is 5.92 Å². The molecule has 1 N–H and O–H groups in total. The molecule has 146 valence electrons. The number of amides is 4. The van der Waals surface area contributed by atoms with Crippen molar-refractivity contribution >= 4 is 24.0 Å². The number of urea groups is 1. The molecule has 0 aromatic rings.